The Morgan fingerprint density at radius 1 is 1.24 bits per heavy atom. The van der Waals surface area contributed by atoms with Gasteiger partial charge in [-0.25, -0.2) is 4.79 Å². The summed E-state index contributed by atoms with van der Waals surface area (Å²) < 4.78 is 5.20. The quantitative estimate of drug-likeness (QED) is 0.878. The van der Waals surface area contributed by atoms with Crippen molar-refractivity contribution in [3.8, 4) is 5.75 Å². The summed E-state index contributed by atoms with van der Waals surface area (Å²) in [5, 5.41) is 11.6. The molecule has 0 aliphatic heterocycles. The smallest absolute Gasteiger partial charge is 0.339 e. The lowest BCUT2D eigenvalue weighted by atomic mass is 10.2. The van der Waals surface area contributed by atoms with E-state index in [1.165, 1.54) is 18.5 Å². The van der Waals surface area contributed by atoms with Crippen molar-refractivity contribution in [2.75, 3.05) is 11.9 Å². The molecule has 2 aromatic rings. The zero-order valence-electron chi connectivity index (χ0n) is 11.4. The van der Waals surface area contributed by atoms with Gasteiger partial charge in [-0.05, 0) is 25.1 Å². The lowest BCUT2D eigenvalue weighted by Gasteiger charge is -2.09. The summed E-state index contributed by atoms with van der Waals surface area (Å²) in [5.41, 5.74) is 1.71. The van der Waals surface area contributed by atoms with Gasteiger partial charge >= 0.3 is 5.97 Å². The van der Waals surface area contributed by atoms with Crippen LogP contribution in [0.25, 0.3) is 0 Å². The number of aromatic nitrogens is 1. The van der Waals surface area contributed by atoms with Crippen LogP contribution in [0.2, 0.25) is 0 Å². The van der Waals surface area contributed by atoms with E-state index in [9.17, 15) is 9.59 Å². The molecule has 0 atom stereocenters. The Morgan fingerprint density at radius 2 is 1.95 bits per heavy atom. The highest BCUT2D eigenvalue weighted by molar-refractivity contribution is 5.93. The van der Waals surface area contributed by atoms with E-state index in [4.69, 9.17) is 9.84 Å². The van der Waals surface area contributed by atoms with Gasteiger partial charge in [0.1, 0.15) is 5.56 Å². The van der Waals surface area contributed by atoms with Crippen LogP contribution in [0.15, 0.2) is 42.7 Å². The predicted molar refractivity (Wildman–Crippen MR) is 76.5 cm³/mol. The van der Waals surface area contributed by atoms with E-state index in [0.29, 0.717) is 5.69 Å². The number of rotatable bonds is 5. The highest BCUT2D eigenvalue weighted by Gasteiger charge is 2.12. The number of nitrogens with one attached hydrogen (secondary N) is 1. The number of pyridine rings is 1. The van der Waals surface area contributed by atoms with Gasteiger partial charge in [-0.3, -0.25) is 9.78 Å². The van der Waals surface area contributed by atoms with Crippen molar-refractivity contribution in [1.82, 2.24) is 4.98 Å². The Kier molecular flexibility index (Phi) is 4.50. The van der Waals surface area contributed by atoms with Gasteiger partial charge in [0.15, 0.2) is 12.4 Å². The number of ether oxygens (including phenoxy) is 1. The van der Waals surface area contributed by atoms with E-state index in [1.54, 1.807) is 12.1 Å². The van der Waals surface area contributed by atoms with Crippen LogP contribution in [-0.4, -0.2) is 28.6 Å². The minimum Gasteiger partial charge on any atom is -0.481 e. The van der Waals surface area contributed by atoms with Crippen molar-refractivity contribution in [3.05, 3.63) is 53.9 Å². The van der Waals surface area contributed by atoms with Gasteiger partial charge in [-0.15, -0.1) is 0 Å². The van der Waals surface area contributed by atoms with E-state index in [-0.39, 0.29) is 23.8 Å². The Balaban J connectivity index is 1.95. The highest BCUT2D eigenvalue weighted by atomic mass is 16.5. The van der Waals surface area contributed by atoms with Gasteiger partial charge in [0.2, 0.25) is 0 Å². The Labute approximate surface area is 121 Å². The molecule has 1 heterocycles. The maximum Gasteiger partial charge on any atom is 0.339 e. The van der Waals surface area contributed by atoms with Crippen LogP contribution in [-0.2, 0) is 4.79 Å². The Bertz CT molecular complexity index is 653. The fourth-order valence-corrected chi connectivity index (χ4v) is 1.65. The van der Waals surface area contributed by atoms with E-state index in [2.05, 4.69) is 10.3 Å². The van der Waals surface area contributed by atoms with Crippen LogP contribution in [0.4, 0.5) is 5.69 Å². The fraction of sp³-hybridized carbons (Fsp3) is 0.133. The number of hydrogen-bond acceptors (Lipinski definition) is 4. The maximum absolute atomic E-state index is 11.7. The second-order valence-electron chi connectivity index (χ2n) is 4.38. The standard InChI is InChI=1S/C15H14N2O4/c1-10-2-4-11(5-3-10)17-14(18)9-21-13-8-16-7-6-12(13)15(19)20/h2-8H,9H2,1H3,(H,17,18)(H,19,20). The number of anilines is 1. The molecule has 1 aromatic carbocycles. The molecule has 1 amide bonds. The summed E-state index contributed by atoms with van der Waals surface area (Å²) in [4.78, 5) is 26.5. The molecule has 6 nitrogen and oxygen atoms in total. The molecule has 1 aromatic heterocycles. The number of carboxylic acids is 1. The van der Waals surface area contributed by atoms with Crippen LogP contribution >= 0.6 is 0 Å². The number of aryl methyl sites for hydroxylation is 1. The lowest BCUT2D eigenvalue weighted by molar-refractivity contribution is -0.118. The zero-order chi connectivity index (χ0) is 15.2. The highest BCUT2D eigenvalue weighted by Crippen LogP contribution is 2.16. The van der Waals surface area contributed by atoms with Crippen molar-refractivity contribution < 1.29 is 19.4 Å². The second kappa shape index (κ2) is 6.51. The SMILES string of the molecule is Cc1ccc(NC(=O)COc2cnccc2C(=O)O)cc1. The molecule has 0 radical (unpaired) electrons. The van der Waals surface area contributed by atoms with Gasteiger partial charge in [0, 0.05) is 11.9 Å². The van der Waals surface area contributed by atoms with E-state index >= 15 is 0 Å². The molecule has 0 fully saturated rings. The zero-order valence-corrected chi connectivity index (χ0v) is 11.4. The van der Waals surface area contributed by atoms with Gasteiger partial charge in [-0.1, -0.05) is 17.7 Å². The van der Waals surface area contributed by atoms with Crippen molar-refractivity contribution >= 4 is 17.6 Å². The minimum absolute atomic E-state index is 0.0341. The topological polar surface area (TPSA) is 88.5 Å². The van der Waals surface area contributed by atoms with Crippen molar-refractivity contribution in [1.29, 1.82) is 0 Å². The van der Waals surface area contributed by atoms with Crippen LogP contribution in [0.3, 0.4) is 0 Å². The molecular formula is C15H14N2O4. The number of carboxylic acid groups (broad SMARTS) is 1. The molecule has 0 saturated carbocycles. The third kappa shape index (κ3) is 4.04. The predicted octanol–water partition coefficient (Wildman–Crippen LogP) is 2.11. The lowest BCUT2D eigenvalue weighted by Crippen LogP contribution is -2.20. The average molecular weight is 286 g/mol. The largest absolute Gasteiger partial charge is 0.481 e. The first-order chi connectivity index (χ1) is 10.1. The van der Waals surface area contributed by atoms with E-state index < -0.39 is 5.97 Å². The number of nitrogens with zero attached hydrogens (tertiary/aromatic N) is 1. The summed E-state index contributed by atoms with van der Waals surface area (Å²) in [6, 6.07) is 8.62. The van der Waals surface area contributed by atoms with Crippen molar-refractivity contribution in [2.45, 2.75) is 6.92 Å². The molecule has 0 aliphatic carbocycles. The molecule has 0 aliphatic rings. The van der Waals surface area contributed by atoms with Crippen molar-refractivity contribution in [2.24, 2.45) is 0 Å². The second-order valence-corrected chi connectivity index (χ2v) is 4.38. The maximum atomic E-state index is 11.7. The summed E-state index contributed by atoms with van der Waals surface area (Å²) in [6.07, 6.45) is 2.62. The molecule has 2 N–H and O–H groups in total. The van der Waals surface area contributed by atoms with Gasteiger partial charge < -0.3 is 15.2 Å². The van der Waals surface area contributed by atoms with Crippen LogP contribution in [0.1, 0.15) is 15.9 Å². The summed E-state index contributed by atoms with van der Waals surface area (Å²) in [7, 11) is 0. The van der Waals surface area contributed by atoms with Crippen LogP contribution < -0.4 is 10.1 Å². The number of amides is 1. The number of aromatic carboxylic acids is 1. The van der Waals surface area contributed by atoms with Gasteiger partial charge in [0.25, 0.3) is 5.91 Å². The molecule has 0 spiro atoms. The first-order valence-electron chi connectivity index (χ1n) is 6.23. The molecular weight excluding hydrogens is 272 g/mol. The molecule has 0 saturated heterocycles. The minimum atomic E-state index is -1.13. The van der Waals surface area contributed by atoms with Gasteiger partial charge in [0.05, 0.1) is 6.20 Å². The van der Waals surface area contributed by atoms with E-state index in [1.807, 2.05) is 19.1 Å². The van der Waals surface area contributed by atoms with Gasteiger partial charge in [-0.2, -0.15) is 0 Å². The molecule has 108 valence electrons. The first kappa shape index (κ1) is 14.5. The number of hydrogen-bond donors (Lipinski definition) is 2. The van der Waals surface area contributed by atoms with Crippen molar-refractivity contribution in [3.63, 3.8) is 0 Å². The normalized spacial score (nSPS) is 9.95. The third-order valence-electron chi connectivity index (χ3n) is 2.71. The monoisotopic (exact) mass is 286 g/mol. The molecule has 6 heteroatoms. The van der Waals surface area contributed by atoms with Crippen LogP contribution in [0, 0.1) is 6.92 Å². The Hall–Kier alpha value is -2.89. The molecule has 21 heavy (non-hydrogen) atoms. The third-order valence-corrected chi connectivity index (χ3v) is 2.71. The molecule has 0 unspecified atom stereocenters. The first-order valence-corrected chi connectivity index (χ1v) is 6.23. The number of carbonyl (C=O) groups is 2. The summed E-state index contributed by atoms with van der Waals surface area (Å²) >= 11 is 0. The molecule has 0 bridgehead atoms. The number of carbonyl (C=O) groups excluding carboxylic acids is 1. The molecule has 2 rings (SSSR count). The number of benzene rings is 1. The summed E-state index contributed by atoms with van der Waals surface area (Å²) in [5.74, 6) is -1.45. The fourth-order valence-electron chi connectivity index (χ4n) is 1.65. The summed E-state index contributed by atoms with van der Waals surface area (Å²) in [6.45, 7) is 1.66. The Morgan fingerprint density at radius 3 is 2.62 bits per heavy atom. The van der Waals surface area contributed by atoms with Crippen LogP contribution in [0.5, 0.6) is 5.75 Å². The average Bonchev–Trinajstić information content (AvgIpc) is 2.48. The van der Waals surface area contributed by atoms with E-state index in [0.717, 1.165) is 5.56 Å².